The van der Waals surface area contributed by atoms with Crippen molar-refractivity contribution in [2.75, 3.05) is 5.75 Å². The van der Waals surface area contributed by atoms with Gasteiger partial charge in [0.2, 0.25) is 0 Å². The average Bonchev–Trinajstić information content (AvgIpc) is 2.53. The minimum absolute atomic E-state index is 0.192. The van der Waals surface area contributed by atoms with Crippen molar-refractivity contribution in [3.8, 4) is 0 Å². The molecule has 0 spiro atoms. The molecule has 1 heterocycles. The first-order valence-corrected chi connectivity index (χ1v) is 8.11. The number of aryl methyl sites for hydroxylation is 2. The third-order valence-corrected chi connectivity index (χ3v) is 3.58. The maximum atomic E-state index is 11.7. The molecule has 1 aromatic heterocycles. The molecular weight excluding hydrogens is 308 g/mol. The molecule has 0 bridgehead atoms. The fourth-order valence-corrected chi connectivity index (χ4v) is 2.53. The zero-order valence-electron chi connectivity index (χ0n) is 13.1. The summed E-state index contributed by atoms with van der Waals surface area (Å²) in [4.78, 5) is 20.2. The normalized spacial score (nSPS) is 11.2. The number of hydrogen-bond donors (Lipinski definition) is 1. The molecule has 23 heavy (non-hydrogen) atoms. The molecule has 0 unspecified atom stereocenters. The highest BCUT2D eigenvalue weighted by Crippen LogP contribution is 2.13. The standard InChI is InChI=1S/C17H18N4OS/c1-13-11-14(2)20-17(19-13)23-12-16(22)21-18-10-6-9-15-7-4-3-5-8-15/h3-11H,12H2,1-2H3,(H,21,22). The van der Waals surface area contributed by atoms with Gasteiger partial charge in [-0.25, -0.2) is 15.4 Å². The Bertz CT molecular complexity index is 694. The first-order valence-electron chi connectivity index (χ1n) is 7.12. The second kappa shape index (κ2) is 8.85. The van der Waals surface area contributed by atoms with Gasteiger partial charge in [0.05, 0.1) is 5.75 Å². The first kappa shape index (κ1) is 16.9. The molecule has 0 fully saturated rings. The van der Waals surface area contributed by atoms with Gasteiger partial charge in [-0.05, 0) is 31.6 Å². The second-order valence-electron chi connectivity index (χ2n) is 4.80. The van der Waals surface area contributed by atoms with Gasteiger partial charge in [-0.15, -0.1) is 0 Å². The number of aromatic nitrogens is 2. The van der Waals surface area contributed by atoms with Crippen LogP contribution in [0.25, 0.3) is 6.08 Å². The van der Waals surface area contributed by atoms with Crippen LogP contribution in [0, 0.1) is 13.8 Å². The van der Waals surface area contributed by atoms with Crippen LogP contribution in [0.5, 0.6) is 0 Å². The van der Waals surface area contributed by atoms with Gasteiger partial charge in [0.25, 0.3) is 5.91 Å². The number of hydrogen-bond acceptors (Lipinski definition) is 5. The van der Waals surface area contributed by atoms with Crippen molar-refractivity contribution >= 4 is 30.0 Å². The van der Waals surface area contributed by atoms with Crippen LogP contribution in [0.2, 0.25) is 0 Å². The van der Waals surface area contributed by atoms with Gasteiger partial charge < -0.3 is 0 Å². The predicted octanol–water partition coefficient (Wildman–Crippen LogP) is 3.00. The van der Waals surface area contributed by atoms with Gasteiger partial charge in [-0.3, -0.25) is 4.79 Å². The van der Waals surface area contributed by atoms with Crippen molar-refractivity contribution in [2.45, 2.75) is 19.0 Å². The molecule has 1 N–H and O–H groups in total. The van der Waals surface area contributed by atoms with Crippen LogP contribution in [0.4, 0.5) is 0 Å². The van der Waals surface area contributed by atoms with Crippen LogP contribution >= 0.6 is 11.8 Å². The van der Waals surface area contributed by atoms with Gasteiger partial charge in [0, 0.05) is 17.6 Å². The summed E-state index contributed by atoms with van der Waals surface area (Å²) in [6, 6.07) is 11.8. The predicted molar refractivity (Wildman–Crippen MR) is 94.3 cm³/mol. The van der Waals surface area contributed by atoms with E-state index >= 15 is 0 Å². The molecule has 0 aliphatic rings. The van der Waals surface area contributed by atoms with Crippen molar-refractivity contribution in [1.29, 1.82) is 0 Å². The molecule has 5 nitrogen and oxygen atoms in total. The molecule has 0 atom stereocenters. The number of nitrogens with one attached hydrogen (secondary N) is 1. The molecule has 2 aromatic rings. The fourth-order valence-electron chi connectivity index (χ4n) is 1.79. The topological polar surface area (TPSA) is 67.2 Å². The summed E-state index contributed by atoms with van der Waals surface area (Å²) >= 11 is 1.29. The Labute approximate surface area is 139 Å². The molecule has 0 saturated heterocycles. The Morgan fingerprint density at radius 3 is 2.61 bits per heavy atom. The summed E-state index contributed by atoms with van der Waals surface area (Å²) in [5, 5.41) is 4.47. The van der Waals surface area contributed by atoms with E-state index in [2.05, 4.69) is 20.5 Å². The molecule has 6 heteroatoms. The Hall–Kier alpha value is -2.47. The van der Waals surface area contributed by atoms with Crippen molar-refractivity contribution in [1.82, 2.24) is 15.4 Å². The minimum atomic E-state index is -0.192. The third-order valence-electron chi connectivity index (χ3n) is 2.73. The van der Waals surface area contributed by atoms with E-state index in [0.717, 1.165) is 17.0 Å². The largest absolute Gasteiger partial charge is 0.272 e. The van der Waals surface area contributed by atoms with E-state index in [1.165, 1.54) is 11.8 Å². The summed E-state index contributed by atoms with van der Waals surface area (Å²) in [5.74, 6) is 0.0324. The number of carbonyl (C=O) groups excluding carboxylic acids is 1. The highest BCUT2D eigenvalue weighted by atomic mass is 32.2. The number of hydrazone groups is 1. The SMILES string of the molecule is Cc1cc(C)nc(SCC(=O)NN=CC=Cc2ccccc2)n1. The lowest BCUT2D eigenvalue weighted by molar-refractivity contribution is -0.118. The van der Waals surface area contributed by atoms with E-state index in [1.54, 1.807) is 12.3 Å². The molecule has 1 aromatic carbocycles. The van der Waals surface area contributed by atoms with Gasteiger partial charge >= 0.3 is 0 Å². The summed E-state index contributed by atoms with van der Waals surface area (Å²) in [6.45, 7) is 3.81. The molecule has 0 saturated carbocycles. The Balaban J connectivity index is 1.74. The van der Waals surface area contributed by atoms with Crippen LogP contribution < -0.4 is 5.43 Å². The van der Waals surface area contributed by atoms with Crippen molar-refractivity contribution < 1.29 is 4.79 Å². The second-order valence-corrected chi connectivity index (χ2v) is 5.75. The monoisotopic (exact) mass is 326 g/mol. The maximum absolute atomic E-state index is 11.7. The molecule has 2 rings (SSSR count). The zero-order chi connectivity index (χ0) is 16.5. The van der Waals surface area contributed by atoms with Gasteiger partial charge in [0.15, 0.2) is 5.16 Å². The summed E-state index contributed by atoms with van der Waals surface area (Å²) in [6.07, 6.45) is 5.23. The summed E-state index contributed by atoms with van der Waals surface area (Å²) in [7, 11) is 0. The lowest BCUT2D eigenvalue weighted by Gasteiger charge is -2.02. The highest BCUT2D eigenvalue weighted by molar-refractivity contribution is 7.99. The van der Waals surface area contributed by atoms with E-state index in [4.69, 9.17) is 0 Å². The van der Waals surface area contributed by atoms with Crippen molar-refractivity contribution in [3.05, 3.63) is 59.4 Å². The van der Waals surface area contributed by atoms with Crippen LogP contribution in [0.3, 0.4) is 0 Å². The Morgan fingerprint density at radius 1 is 1.22 bits per heavy atom. The van der Waals surface area contributed by atoms with Crippen molar-refractivity contribution in [3.63, 3.8) is 0 Å². The quantitative estimate of drug-likeness (QED) is 0.383. The zero-order valence-corrected chi connectivity index (χ0v) is 13.9. The number of nitrogens with zero attached hydrogens (tertiary/aromatic N) is 3. The number of benzene rings is 1. The van der Waals surface area contributed by atoms with E-state index in [-0.39, 0.29) is 11.7 Å². The number of allylic oxidation sites excluding steroid dienone is 1. The van der Waals surface area contributed by atoms with E-state index in [1.807, 2.05) is 56.3 Å². The van der Waals surface area contributed by atoms with Gasteiger partial charge in [-0.2, -0.15) is 5.10 Å². The van der Waals surface area contributed by atoms with Gasteiger partial charge in [-0.1, -0.05) is 48.2 Å². The molecule has 1 amide bonds. The van der Waals surface area contributed by atoms with E-state index in [9.17, 15) is 4.79 Å². The smallest absolute Gasteiger partial charge is 0.250 e. The van der Waals surface area contributed by atoms with Crippen LogP contribution in [-0.2, 0) is 4.79 Å². The van der Waals surface area contributed by atoms with Gasteiger partial charge in [0.1, 0.15) is 0 Å². The third kappa shape index (κ3) is 6.44. The molecule has 118 valence electrons. The lowest BCUT2D eigenvalue weighted by Crippen LogP contribution is -2.19. The number of amides is 1. The average molecular weight is 326 g/mol. The maximum Gasteiger partial charge on any atom is 0.250 e. The summed E-state index contributed by atoms with van der Waals surface area (Å²) < 4.78 is 0. The molecule has 0 aliphatic carbocycles. The molecule has 0 aliphatic heterocycles. The number of carbonyl (C=O) groups is 1. The van der Waals surface area contributed by atoms with Crippen LogP contribution in [0.15, 0.2) is 52.7 Å². The lowest BCUT2D eigenvalue weighted by atomic mass is 10.2. The fraction of sp³-hybridized carbons (Fsp3) is 0.176. The Kier molecular flexibility index (Phi) is 6.50. The van der Waals surface area contributed by atoms with E-state index in [0.29, 0.717) is 5.16 Å². The minimum Gasteiger partial charge on any atom is -0.272 e. The first-order chi connectivity index (χ1) is 11.1. The Morgan fingerprint density at radius 2 is 1.91 bits per heavy atom. The molecule has 0 radical (unpaired) electrons. The van der Waals surface area contributed by atoms with Crippen LogP contribution in [0.1, 0.15) is 17.0 Å². The molecular formula is C17H18N4OS. The van der Waals surface area contributed by atoms with Crippen molar-refractivity contribution in [2.24, 2.45) is 5.10 Å². The highest BCUT2D eigenvalue weighted by Gasteiger charge is 2.04. The number of rotatable bonds is 6. The van der Waals surface area contributed by atoms with E-state index < -0.39 is 0 Å². The summed E-state index contributed by atoms with van der Waals surface area (Å²) in [5.41, 5.74) is 5.33. The van der Waals surface area contributed by atoms with Crippen LogP contribution in [-0.4, -0.2) is 27.8 Å². The number of thioether (sulfide) groups is 1.